The number of aromatic amines is 2. The molecule has 8 heterocycles. The molecule has 4 aliphatic rings. The van der Waals surface area contributed by atoms with Crippen LogP contribution in [-0.2, 0) is 47.8 Å². The number of hydrogen-bond acceptors (Lipinski definition) is 14. The Morgan fingerprint density at radius 1 is 0.806 bits per heavy atom. The summed E-state index contributed by atoms with van der Waals surface area (Å²) in [4.78, 5) is 69.6. The number of carboxylic acids is 1. The predicted molar refractivity (Wildman–Crippen MR) is 244 cm³/mol. The van der Waals surface area contributed by atoms with Gasteiger partial charge in [0.15, 0.2) is 0 Å². The van der Waals surface area contributed by atoms with Crippen molar-refractivity contribution in [3.8, 4) is 0 Å². The standard InChI is InChI=1S/C23H24N6O5.C12H15N3O2.C11H13N3O2/c1-13-9-14(10-15-12-25-28-18(13)15)11-17(20(30)31)26-21(32)29-7-4-23(5-8-29)16-3-2-6-24-19(16)27-22(33)34-23;1-7-3-8(5-10(13)12(16)17-2)4-9-6-14-15-11(7)9;15-10-14-9-8(2-1-5-13-9)11(16-10)3-6-12-7-4-11/h2-3,6,9-10,12,17H,4-5,7-8,11H2,1H3,(H,25,28)(H,26,32)(H,30,31)(H,24,27,33);3-4,6,10H,5,13H2,1-2H3,(H,14,15);1-2,5,12H,3-4,6-7H2,(H,13,14,15)/t17-;10-;/m11./s1. The highest BCUT2D eigenvalue weighted by Gasteiger charge is 2.46. The maximum absolute atomic E-state index is 12.9. The van der Waals surface area contributed by atoms with Gasteiger partial charge in [-0.05, 0) is 92.0 Å². The van der Waals surface area contributed by atoms with Crippen molar-refractivity contribution in [3.05, 3.63) is 107 Å². The van der Waals surface area contributed by atoms with Crippen molar-refractivity contribution in [1.82, 2.24) is 45.9 Å². The summed E-state index contributed by atoms with van der Waals surface area (Å²) in [6.45, 7) is 6.25. The molecule has 4 amide bonds. The first-order valence-electron chi connectivity index (χ1n) is 21.8. The molecule has 0 unspecified atom stereocenters. The van der Waals surface area contributed by atoms with Gasteiger partial charge in [0.05, 0.1) is 30.5 Å². The number of nitrogens with zero attached hydrogens (tertiary/aromatic N) is 5. The molecule has 2 spiro atoms. The third-order valence-corrected chi connectivity index (χ3v) is 12.5. The second-order valence-corrected chi connectivity index (χ2v) is 16.9. The van der Waals surface area contributed by atoms with Crippen LogP contribution in [0, 0.1) is 13.8 Å². The van der Waals surface area contributed by atoms with Gasteiger partial charge in [0.25, 0.3) is 0 Å². The number of ether oxygens (including phenoxy) is 3. The molecule has 6 aromatic rings. The number of carbonyl (C=O) groups is 5. The lowest BCUT2D eigenvalue weighted by Gasteiger charge is -2.43. The number of hydrogen-bond donors (Lipinski definition) is 8. The number of aromatic nitrogens is 6. The van der Waals surface area contributed by atoms with Crippen LogP contribution < -0.4 is 27.0 Å². The van der Waals surface area contributed by atoms with Crippen LogP contribution in [0.25, 0.3) is 21.8 Å². The fourth-order valence-corrected chi connectivity index (χ4v) is 9.12. The van der Waals surface area contributed by atoms with Crippen molar-refractivity contribution in [1.29, 1.82) is 0 Å². The van der Waals surface area contributed by atoms with Crippen LogP contribution in [0.2, 0.25) is 0 Å². The Labute approximate surface area is 383 Å². The Balaban J connectivity index is 0.000000153. The van der Waals surface area contributed by atoms with E-state index >= 15 is 0 Å². The van der Waals surface area contributed by atoms with Crippen LogP contribution in [0.4, 0.5) is 26.0 Å². The van der Waals surface area contributed by atoms with Crippen molar-refractivity contribution in [3.63, 3.8) is 0 Å². The lowest BCUT2D eigenvalue weighted by Crippen LogP contribution is -2.54. The third kappa shape index (κ3) is 9.97. The molecular weight excluding hydrogens is 865 g/mol. The molecule has 4 aliphatic heterocycles. The van der Waals surface area contributed by atoms with Gasteiger partial charge in [-0.25, -0.2) is 29.1 Å². The molecule has 2 fully saturated rings. The highest BCUT2D eigenvalue weighted by atomic mass is 16.6. The molecule has 0 saturated carbocycles. The Bertz CT molecular complexity index is 2810. The summed E-state index contributed by atoms with van der Waals surface area (Å²) in [6, 6.07) is 13.1. The Kier molecular flexibility index (Phi) is 13.3. The number of aryl methyl sites for hydroxylation is 2. The zero-order valence-corrected chi connectivity index (χ0v) is 37.2. The molecule has 0 bridgehead atoms. The average molecular weight is 917 g/mol. The maximum Gasteiger partial charge on any atom is 0.413 e. The topological polar surface area (TPSA) is 294 Å². The van der Waals surface area contributed by atoms with E-state index in [9.17, 15) is 29.1 Å². The van der Waals surface area contributed by atoms with E-state index in [-0.39, 0.29) is 6.42 Å². The molecule has 21 nitrogen and oxygen atoms in total. The summed E-state index contributed by atoms with van der Waals surface area (Å²) >= 11 is 0. The van der Waals surface area contributed by atoms with Gasteiger partial charge < -0.3 is 40.6 Å². The van der Waals surface area contributed by atoms with Crippen LogP contribution in [0.5, 0.6) is 0 Å². The van der Waals surface area contributed by atoms with E-state index in [1.807, 2.05) is 56.3 Å². The van der Waals surface area contributed by atoms with Gasteiger partial charge in [-0.1, -0.05) is 12.1 Å². The number of rotatable bonds is 7. The van der Waals surface area contributed by atoms with Gasteiger partial charge in [0.1, 0.15) is 34.9 Å². The number of nitrogens with two attached hydrogens (primary N) is 1. The number of pyridine rings is 2. The largest absolute Gasteiger partial charge is 0.480 e. The normalized spacial score (nSPS) is 17.4. The fraction of sp³-hybridized carbons (Fsp3) is 0.370. The van der Waals surface area contributed by atoms with Crippen molar-refractivity contribution >= 4 is 63.6 Å². The maximum atomic E-state index is 12.9. The molecule has 0 radical (unpaired) electrons. The van der Waals surface area contributed by atoms with Gasteiger partial charge in [-0.3, -0.25) is 25.6 Å². The number of carbonyl (C=O) groups excluding carboxylic acids is 4. The van der Waals surface area contributed by atoms with Gasteiger partial charge in [-0.2, -0.15) is 10.2 Å². The van der Waals surface area contributed by atoms with Gasteiger partial charge in [0.2, 0.25) is 0 Å². The molecule has 0 aliphatic carbocycles. The van der Waals surface area contributed by atoms with E-state index in [2.05, 4.69) is 56.4 Å². The van der Waals surface area contributed by atoms with Gasteiger partial charge >= 0.3 is 30.2 Å². The van der Waals surface area contributed by atoms with Crippen LogP contribution in [0.15, 0.2) is 73.3 Å². The summed E-state index contributed by atoms with van der Waals surface area (Å²) in [5, 5.41) is 36.7. The molecule has 21 heteroatoms. The van der Waals surface area contributed by atoms with Crippen LogP contribution in [0.3, 0.4) is 0 Å². The Hall–Kier alpha value is -7.65. The minimum Gasteiger partial charge on any atom is -0.480 e. The summed E-state index contributed by atoms with van der Waals surface area (Å²) in [6.07, 6.45) is 8.75. The first kappa shape index (κ1) is 45.9. The van der Waals surface area contributed by atoms with Crippen molar-refractivity contribution < 1.29 is 43.3 Å². The summed E-state index contributed by atoms with van der Waals surface area (Å²) < 4.78 is 15.8. The number of aliphatic carboxylic acids is 1. The SMILES string of the molecule is COC(=O)[C@H](N)Cc1cc(C)c2[nH]ncc2c1.Cc1cc(C[C@@H](NC(=O)N2CCC3(CC2)OC(=O)Nc2ncccc23)C(=O)O)cc2cn[nH]c12.O=C1Nc2ncccc2C2(CCNCC2)O1. The first-order valence-corrected chi connectivity index (χ1v) is 21.8. The molecule has 9 N–H and O–H groups in total. The number of fused-ring (bicyclic) bond motifs is 6. The number of H-pyrrole nitrogens is 2. The minimum absolute atomic E-state index is 0.142. The second-order valence-electron chi connectivity index (χ2n) is 16.9. The number of benzene rings is 2. The van der Waals surface area contributed by atoms with Crippen molar-refractivity contribution in [2.45, 2.75) is 75.7 Å². The number of esters is 1. The number of anilines is 2. The molecule has 67 heavy (non-hydrogen) atoms. The van der Waals surface area contributed by atoms with Crippen LogP contribution in [-0.4, -0.2) is 116 Å². The van der Waals surface area contributed by atoms with Crippen molar-refractivity contribution in [2.75, 3.05) is 43.9 Å². The third-order valence-electron chi connectivity index (χ3n) is 12.5. The lowest BCUT2D eigenvalue weighted by atomic mass is 9.83. The molecular formula is C46H52N12O9. The number of piperidine rings is 2. The molecule has 2 atom stereocenters. The predicted octanol–water partition coefficient (Wildman–Crippen LogP) is 4.66. The Morgan fingerprint density at radius 3 is 1.82 bits per heavy atom. The van der Waals surface area contributed by atoms with E-state index in [0.717, 1.165) is 81.1 Å². The van der Waals surface area contributed by atoms with Crippen LogP contribution in [0.1, 0.15) is 59.1 Å². The van der Waals surface area contributed by atoms with E-state index in [4.69, 9.17) is 15.2 Å². The molecule has 2 aromatic carbocycles. The number of urea groups is 1. The highest BCUT2D eigenvalue weighted by molar-refractivity contribution is 5.89. The highest BCUT2D eigenvalue weighted by Crippen LogP contribution is 2.43. The Morgan fingerprint density at radius 2 is 1.31 bits per heavy atom. The number of methoxy groups -OCH3 is 1. The minimum atomic E-state index is -1.11. The van der Waals surface area contributed by atoms with Gasteiger partial charge in [0, 0.05) is 79.5 Å². The lowest BCUT2D eigenvalue weighted by molar-refractivity contribution is -0.142. The first-order chi connectivity index (χ1) is 32.3. The fourth-order valence-electron chi connectivity index (χ4n) is 9.12. The second kappa shape index (κ2) is 19.4. The zero-order chi connectivity index (χ0) is 47.3. The number of nitrogens with one attached hydrogen (secondary N) is 6. The summed E-state index contributed by atoms with van der Waals surface area (Å²) in [5.41, 5.74) is 11.9. The van der Waals surface area contributed by atoms with E-state index in [0.29, 0.717) is 44.0 Å². The summed E-state index contributed by atoms with van der Waals surface area (Å²) in [5.74, 6) is -0.401. The number of amides is 4. The molecule has 10 rings (SSSR count). The monoisotopic (exact) mass is 916 g/mol. The average Bonchev–Trinajstić information content (AvgIpc) is 4.00. The quantitative estimate of drug-likeness (QED) is 0.0798. The van der Waals surface area contributed by atoms with E-state index in [1.165, 1.54) is 7.11 Å². The number of carboxylic acid groups (broad SMARTS) is 1. The molecule has 4 aromatic heterocycles. The zero-order valence-electron chi connectivity index (χ0n) is 37.2. The van der Waals surface area contributed by atoms with Crippen LogP contribution >= 0.6 is 0 Å². The summed E-state index contributed by atoms with van der Waals surface area (Å²) in [7, 11) is 1.34. The van der Waals surface area contributed by atoms with E-state index < -0.39 is 53.4 Å². The van der Waals surface area contributed by atoms with Crippen molar-refractivity contribution in [2.24, 2.45) is 5.73 Å². The number of likely N-dealkylation sites (tertiary alicyclic amines) is 1. The molecule has 350 valence electrons. The molecule has 2 saturated heterocycles. The smallest absolute Gasteiger partial charge is 0.413 e. The van der Waals surface area contributed by atoms with Gasteiger partial charge in [-0.15, -0.1) is 0 Å². The van der Waals surface area contributed by atoms with E-state index in [1.54, 1.807) is 35.8 Å².